The van der Waals surface area contributed by atoms with Crippen molar-refractivity contribution in [3.63, 3.8) is 0 Å². The van der Waals surface area contributed by atoms with Crippen molar-refractivity contribution in [1.82, 2.24) is 4.98 Å². The molecule has 27 heavy (non-hydrogen) atoms. The van der Waals surface area contributed by atoms with Crippen molar-refractivity contribution in [3.8, 4) is 10.4 Å². The summed E-state index contributed by atoms with van der Waals surface area (Å²) in [7, 11) is 0. The molecule has 0 saturated heterocycles. The lowest BCUT2D eigenvalue weighted by Gasteiger charge is -2.01. The molecule has 6 heteroatoms. The first-order chi connectivity index (χ1) is 13.0. The Morgan fingerprint density at radius 3 is 2.74 bits per heavy atom. The van der Waals surface area contributed by atoms with Crippen LogP contribution in [0.15, 0.2) is 63.8 Å². The molecular formula is C21H14ClNO3S. The number of rotatable bonds is 3. The van der Waals surface area contributed by atoms with Gasteiger partial charge in [0.15, 0.2) is 11.3 Å². The molecule has 134 valence electrons. The maximum Gasteiger partial charge on any atom is 0.362 e. The van der Waals surface area contributed by atoms with Crippen LogP contribution in [0.5, 0.6) is 0 Å². The van der Waals surface area contributed by atoms with Gasteiger partial charge in [0, 0.05) is 16.0 Å². The van der Waals surface area contributed by atoms with Gasteiger partial charge in [0.1, 0.15) is 11.3 Å². The lowest BCUT2D eigenvalue weighted by atomic mass is 10.1. The number of hydrogen-bond acceptors (Lipinski definition) is 5. The SMILES string of the molecule is Cc1cc(-c2ccccc2)sc1C(O)=Cc1nc2cc(Cl)ccc2oc1=O. The van der Waals surface area contributed by atoms with Gasteiger partial charge in [-0.15, -0.1) is 11.3 Å². The molecule has 0 aliphatic heterocycles. The average molecular weight is 396 g/mol. The van der Waals surface area contributed by atoms with Crippen LogP contribution in [0.3, 0.4) is 0 Å². The highest BCUT2D eigenvalue weighted by atomic mass is 35.5. The van der Waals surface area contributed by atoms with E-state index in [0.717, 1.165) is 16.0 Å². The van der Waals surface area contributed by atoms with Crippen molar-refractivity contribution in [2.45, 2.75) is 6.92 Å². The lowest BCUT2D eigenvalue weighted by molar-refractivity contribution is 0.515. The average Bonchev–Trinajstić information content (AvgIpc) is 3.05. The number of halogens is 1. The van der Waals surface area contributed by atoms with Crippen LogP contribution in [0.2, 0.25) is 5.02 Å². The summed E-state index contributed by atoms with van der Waals surface area (Å²) < 4.78 is 5.26. The van der Waals surface area contributed by atoms with E-state index in [1.807, 2.05) is 43.3 Å². The first-order valence-corrected chi connectivity index (χ1v) is 9.38. The van der Waals surface area contributed by atoms with Crippen LogP contribution in [0, 0.1) is 6.92 Å². The fraction of sp³-hybridized carbons (Fsp3) is 0.0476. The fourth-order valence-electron chi connectivity index (χ4n) is 2.76. The van der Waals surface area contributed by atoms with Crippen LogP contribution in [0.4, 0.5) is 0 Å². The predicted molar refractivity (Wildman–Crippen MR) is 110 cm³/mol. The summed E-state index contributed by atoms with van der Waals surface area (Å²) in [6, 6.07) is 16.8. The van der Waals surface area contributed by atoms with E-state index in [1.54, 1.807) is 18.2 Å². The molecule has 4 aromatic rings. The van der Waals surface area contributed by atoms with E-state index < -0.39 is 5.63 Å². The summed E-state index contributed by atoms with van der Waals surface area (Å²) in [5.74, 6) is -0.0270. The summed E-state index contributed by atoms with van der Waals surface area (Å²) in [4.78, 5) is 18.2. The minimum Gasteiger partial charge on any atom is -0.506 e. The van der Waals surface area contributed by atoms with Crippen molar-refractivity contribution < 1.29 is 9.52 Å². The Morgan fingerprint density at radius 1 is 1.19 bits per heavy atom. The number of aromatic nitrogens is 1. The van der Waals surface area contributed by atoms with Gasteiger partial charge in [0.2, 0.25) is 0 Å². The van der Waals surface area contributed by atoms with Crippen molar-refractivity contribution in [1.29, 1.82) is 0 Å². The van der Waals surface area contributed by atoms with Gasteiger partial charge in [-0.05, 0) is 42.3 Å². The Hall–Kier alpha value is -2.89. The van der Waals surface area contributed by atoms with Crippen molar-refractivity contribution in [2.75, 3.05) is 0 Å². The van der Waals surface area contributed by atoms with Crippen LogP contribution >= 0.6 is 22.9 Å². The molecule has 4 nitrogen and oxygen atoms in total. The van der Waals surface area contributed by atoms with Crippen LogP contribution in [-0.2, 0) is 0 Å². The summed E-state index contributed by atoms with van der Waals surface area (Å²) in [5.41, 5.74) is 2.20. The lowest BCUT2D eigenvalue weighted by Crippen LogP contribution is -2.06. The molecular weight excluding hydrogens is 382 g/mol. The number of benzene rings is 2. The van der Waals surface area contributed by atoms with Crippen LogP contribution in [-0.4, -0.2) is 10.1 Å². The van der Waals surface area contributed by atoms with E-state index in [0.29, 0.717) is 21.0 Å². The molecule has 0 saturated carbocycles. The highest BCUT2D eigenvalue weighted by Gasteiger charge is 2.13. The molecule has 0 aliphatic carbocycles. The first kappa shape index (κ1) is 17.5. The second-order valence-electron chi connectivity index (χ2n) is 6.02. The van der Waals surface area contributed by atoms with Gasteiger partial charge in [-0.2, -0.15) is 0 Å². The normalized spacial score (nSPS) is 11.9. The van der Waals surface area contributed by atoms with E-state index in [4.69, 9.17) is 16.0 Å². The number of aliphatic hydroxyl groups is 1. The third-order valence-corrected chi connectivity index (χ3v) is 5.60. The molecule has 0 amide bonds. The predicted octanol–water partition coefficient (Wildman–Crippen LogP) is 5.93. The molecule has 2 aromatic carbocycles. The molecule has 0 bridgehead atoms. The molecule has 0 radical (unpaired) electrons. The fourth-order valence-corrected chi connectivity index (χ4v) is 4.02. The summed E-state index contributed by atoms with van der Waals surface area (Å²) in [6.07, 6.45) is 1.33. The van der Waals surface area contributed by atoms with E-state index in [9.17, 15) is 9.90 Å². The van der Waals surface area contributed by atoms with E-state index in [1.165, 1.54) is 17.4 Å². The van der Waals surface area contributed by atoms with Gasteiger partial charge in [-0.25, -0.2) is 9.78 Å². The Bertz CT molecular complexity index is 1230. The maximum absolute atomic E-state index is 12.2. The second-order valence-corrected chi connectivity index (χ2v) is 7.51. The largest absolute Gasteiger partial charge is 0.506 e. The monoisotopic (exact) mass is 395 g/mol. The topological polar surface area (TPSA) is 63.3 Å². The molecule has 2 aromatic heterocycles. The van der Waals surface area contributed by atoms with Gasteiger partial charge >= 0.3 is 5.63 Å². The minimum absolute atomic E-state index is 0.0244. The van der Waals surface area contributed by atoms with Crippen LogP contribution in [0.1, 0.15) is 16.1 Å². The summed E-state index contributed by atoms with van der Waals surface area (Å²) >= 11 is 7.42. The van der Waals surface area contributed by atoms with Gasteiger partial charge in [-0.1, -0.05) is 41.9 Å². The molecule has 0 fully saturated rings. The van der Waals surface area contributed by atoms with Gasteiger partial charge < -0.3 is 9.52 Å². The minimum atomic E-state index is -0.617. The number of hydrogen-bond donors (Lipinski definition) is 1. The van der Waals surface area contributed by atoms with Crippen molar-refractivity contribution in [3.05, 3.63) is 86.2 Å². The Kier molecular flexibility index (Phi) is 4.56. The zero-order valence-electron chi connectivity index (χ0n) is 14.3. The van der Waals surface area contributed by atoms with Crippen LogP contribution < -0.4 is 5.63 Å². The number of thiophene rings is 1. The Labute approximate surface area is 164 Å². The molecule has 0 spiro atoms. The third-order valence-electron chi connectivity index (χ3n) is 4.06. The van der Waals surface area contributed by atoms with Gasteiger partial charge in [-0.3, -0.25) is 0 Å². The third kappa shape index (κ3) is 3.52. The van der Waals surface area contributed by atoms with Crippen molar-refractivity contribution in [2.24, 2.45) is 0 Å². The Balaban J connectivity index is 1.77. The highest BCUT2D eigenvalue weighted by Crippen LogP contribution is 2.34. The standard InChI is InChI=1S/C21H14ClNO3S/c1-12-9-19(13-5-3-2-4-6-13)27-20(12)17(24)11-16-21(25)26-18-8-7-14(22)10-15(18)23-16/h2-11,24H,1H3. The number of fused-ring (bicyclic) bond motifs is 1. The maximum atomic E-state index is 12.2. The number of aryl methyl sites for hydroxylation is 1. The summed E-state index contributed by atoms with van der Waals surface area (Å²) in [6.45, 7) is 1.92. The van der Waals surface area contributed by atoms with Crippen molar-refractivity contribution >= 4 is 45.9 Å². The molecule has 0 aliphatic rings. The first-order valence-electron chi connectivity index (χ1n) is 8.18. The zero-order chi connectivity index (χ0) is 19.0. The van der Waals surface area contributed by atoms with Gasteiger partial charge in [0.25, 0.3) is 0 Å². The van der Waals surface area contributed by atoms with E-state index in [2.05, 4.69) is 4.98 Å². The van der Waals surface area contributed by atoms with Crippen LogP contribution in [0.25, 0.3) is 33.4 Å². The summed E-state index contributed by atoms with van der Waals surface area (Å²) in [5, 5.41) is 11.1. The van der Waals surface area contributed by atoms with Gasteiger partial charge in [0.05, 0.1) is 4.88 Å². The molecule has 2 heterocycles. The zero-order valence-corrected chi connectivity index (χ0v) is 15.8. The molecule has 4 rings (SSSR count). The van der Waals surface area contributed by atoms with E-state index >= 15 is 0 Å². The highest BCUT2D eigenvalue weighted by molar-refractivity contribution is 7.16. The molecule has 1 N–H and O–H groups in total. The van der Waals surface area contributed by atoms with E-state index in [-0.39, 0.29) is 11.5 Å². The molecule has 0 atom stereocenters. The second kappa shape index (κ2) is 7.02. The number of nitrogens with zero attached hydrogens (tertiary/aromatic N) is 1. The Morgan fingerprint density at radius 2 is 1.96 bits per heavy atom. The quantitative estimate of drug-likeness (QED) is 0.436. The molecule has 0 unspecified atom stereocenters. The smallest absolute Gasteiger partial charge is 0.362 e. The number of aliphatic hydroxyl groups excluding tert-OH is 1.